The van der Waals surface area contributed by atoms with E-state index in [0.29, 0.717) is 62.1 Å². The van der Waals surface area contributed by atoms with Gasteiger partial charge >= 0.3 is 0 Å². The Hall–Kier alpha value is -5.24. The van der Waals surface area contributed by atoms with Crippen LogP contribution in [0.25, 0.3) is 32.3 Å². The fraction of sp³-hybridized carbons (Fsp3) is 0.158. The maximum absolute atomic E-state index is 13.7. The van der Waals surface area contributed by atoms with E-state index >= 15 is 0 Å². The van der Waals surface area contributed by atoms with E-state index in [1.807, 2.05) is 115 Å². The van der Waals surface area contributed by atoms with Crippen molar-refractivity contribution in [3.63, 3.8) is 0 Å². The number of hydrogen-bond donors (Lipinski definition) is 2. The zero-order chi connectivity index (χ0) is 30.8. The highest BCUT2D eigenvalue weighted by Gasteiger charge is 2.17. The second kappa shape index (κ2) is 14.5. The summed E-state index contributed by atoms with van der Waals surface area (Å²) in [6.07, 6.45) is 0. The minimum absolute atomic E-state index is 0.120. The Balaban J connectivity index is 0.940. The van der Waals surface area contributed by atoms with Gasteiger partial charge in [0.05, 0.1) is 37.7 Å². The van der Waals surface area contributed by atoms with Crippen molar-refractivity contribution in [1.82, 2.24) is 5.32 Å². The van der Waals surface area contributed by atoms with Crippen LogP contribution in [0.3, 0.4) is 0 Å². The molecule has 0 aliphatic rings. The first kappa shape index (κ1) is 29.8. The molecule has 45 heavy (non-hydrogen) atoms. The number of rotatable bonds is 13. The van der Waals surface area contributed by atoms with Gasteiger partial charge in [0.15, 0.2) is 0 Å². The van der Waals surface area contributed by atoms with Crippen LogP contribution in [0.15, 0.2) is 121 Å². The lowest BCUT2D eigenvalue weighted by molar-refractivity contribution is 0.0371. The quantitative estimate of drug-likeness (QED) is 0.108. The lowest BCUT2D eigenvalue weighted by Gasteiger charge is -2.15. The number of para-hydroxylation sites is 2. The largest absolute Gasteiger partial charge is 0.489 e. The molecule has 6 aromatic rings. The van der Waals surface area contributed by atoms with E-state index in [-0.39, 0.29) is 11.8 Å². The van der Waals surface area contributed by atoms with Crippen molar-refractivity contribution < 1.29 is 23.8 Å². The van der Waals surface area contributed by atoms with E-state index in [1.165, 1.54) is 0 Å². The Morgan fingerprint density at radius 1 is 0.533 bits per heavy atom. The minimum Gasteiger partial charge on any atom is -0.489 e. The first-order valence-electron chi connectivity index (χ1n) is 15.0. The summed E-state index contributed by atoms with van der Waals surface area (Å²) in [4.78, 5) is 26.3. The maximum Gasteiger partial charge on any atom is 0.257 e. The molecule has 0 saturated heterocycles. The van der Waals surface area contributed by atoms with Crippen LogP contribution >= 0.6 is 0 Å². The SMILES string of the molecule is O=C(NCCOCCOCCOc1ccccc1NC(=O)c1c2ccccc2cc2ccccc12)c1cccc2ccccc12. The Bertz CT molecular complexity index is 1900. The first-order chi connectivity index (χ1) is 22.2. The van der Waals surface area contributed by atoms with Crippen LogP contribution < -0.4 is 15.4 Å². The van der Waals surface area contributed by atoms with Gasteiger partial charge in [0.25, 0.3) is 11.8 Å². The summed E-state index contributed by atoms with van der Waals surface area (Å²) < 4.78 is 17.2. The van der Waals surface area contributed by atoms with E-state index in [1.54, 1.807) is 0 Å². The molecule has 7 heteroatoms. The molecule has 0 aliphatic heterocycles. The monoisotopic (exact) mass is 598 g/mol. The molecular formula is C38H34N2O5. The number of hydrogen-bond acceptors (Lipinski definition) is 5. The average Bonchev–Trinajstić information content (AvgIpc) is 3.08. The fourth-order valence-corrected chi connectivity index (χ4v) is 5.43. The highest BCUT2D eigenvalue weighted by molar-refractivity contribution is 6.22. The fourth-order valence-electron chi connectivity index (χ4n) is 5.43. The number of ether oxygens (including phenoxy) is 3. The van der Waals surface area contributed by atoms with E-state index in [9.17, 15) is 9.59 Å². The van der Waals surface area contributed by atoms with Crippen molar-refractivity contribution in [1.29, 1.82) is 0 Å². The number of carbonyl (C=O) groups excluding carboxylic acids is 2. The van der Waals surface area contributed by atoms with E-state index in [0.717, 1.165) is 32.3 Å². The molecule has 0 spiro atoms. The molecule has 0 saturated carbocycles. The van der Waals surface area contributed by atoms with Gasteiger partial charge in [-0.3, -0.25) is 9.59 Å². The second-order valence-electron chi connectivity index (χ2n) is 10.5. The molecule has 2 amide bonds. The van der Waals surface area contributed by atoms with E-state index < -0.39 is 0 Å². The zero-order valence-corrected chi connectivity index (χ0v) is 24.8. The predicted molar refractivity (Wildman–Crippen MR) is 179 cm³/mol. The number of anilines is 1. The Labute approximate surface area is 261 Å². The second-order valence-corrected chi connectivity index (χ2v) is 10.5. The third-order valence-corrected chi connectivity index (χ3v) is 7.56. The Morgan fingerprint density at radius 2 is 1.11 bits per heavy atom. The highest BCUT2D eigenvalue weighted by atomic mass is 16.5. The van der Waals surface area contributed by atoms with E-state index in [2.05, 4.69) is 16.7 Å². The molecule has 0 bridgehead atoms. The molecule has 0 aromatic heterocycles. The van der Waals surface area contributed by atoms with Gasteiger partial charge in [-0.1, -0.05) is 97.1 Å². The van der Waals surface area contributed by atoms with Gasteiger partial charge in [-0.15, -0.1) is 0 Å². The summed E-state index contributed by atoms with van der Waals surface area (Å²) in [6.45, 7) is 2.25. The maximum atomic E-state index is 13.7. The van der Waals surface area contributed by atoms with Gasteiger partial charge in [0, 0.05) is 12.1 Å². The lowest BCUT2D eigenvalue weighted by atomic mass is 9.96. The third-order valence-electron chi connectivity index (χ3n) is 7.56. The van der Waals surface area contributed by atoms with Crippen molar-refractivity contribution in [2.75, 3.05) is 44.9 Å². The Morgan fingerprint density at radius 3 is 1.87 bits per heavy atom. The van der Waals surface area contributed by atoms with Crippen LogP contribution in [0, 0.1) is 0 Å². The van der Waals surface area contributed by atoms with Crippen molar-refractivity contribution in [2.24, 2.45) is 0 Å². The van der Waals surface area contributed by atoms with Crippen LogP contribution in [0.1, 0.15) is 20.7 Å². The summed E-state index contributed by atoms with van der Waals surface area (Å²) in [6, 6.07) is 38.9. The Kier molecular flexibility index (Phi) is 9.60. The normalized spacial score (nSPS) is 11.1. The van der Waals surface area contributed by atoms with Crippen LogP contribution in [0.4, 0.5) is 5.69 Å². The van der Waals surface area contributed by atoms with Crippen molar-refractivity contribution in [3.05, 3.63) is 132 Å². The molecule has 2 N–H and O–H groups in total. The molecule has 0 radical (unpaired) electrons. The topological polar surface area (TPSA) is 85.9 Å². The molecule has 226 valence electrons. The summed E-state index contributed by atoms with van der Waals surface area (Å²) in [7, 11) is 0. The van der Waals surface area contributed by atoms with Crippen molar-refractivity contribution in [3.8, 4) is 5.75 Å². The van der Waals surface area contributed by atoms with E-state index in [4.69, 9.17) is 14.2 Å². The average molecular weight is 599 g/mol. The predicted octanol–water partition coefficient (Wildman–Crippen LogP) is 7.24. The molecular weight excluding hydrogens is 564 g/mol. The molecule has 0 atom stereocenters. The smallest absolute Gasteiger partial charge is 0.257 e. The molecule has 0 fully saturated rings. The lowest BCUT2D eigenvalue weighted by Crippen LogP contribution is -2.27. The molecule has 0 aliphatic carbocycles. The van der Waals surface area contributed by atoms with Gasteiger partial charge in [-0.2, -0.15) is 0 Å². The van der Waals surface area contributed by atoms with Gasteiger partial charge in [-0.05, 0) is 56.6 Å². The third kappa shape index (κ3) is 7.12. The first-order valence-corrected chi connectivity index (χ1v) is 15.0. The summed E-state index contributed by atoms with van der Waals surface area (Å²) in [5.41, 5.74) is 1.88. The van der Waals surface area contributed by atoms with Gasteiger partial charge in [-0.25, -0.2) is 0 Å². The van der Waals surface area contributed by atoms with Gasteiger partial charge < -0.3 is 24.8 Å². The molecule has 7 nitrogen and oxygen atoms in total. The van der Waals surface area contributed by atoms with Crippen LogP contribution in [0.5, 0.6) is 5.75 Å². The highest BCUT2D eigenvalue weighted by Crippen LogP contribution is 2.31. The zero-order valence-electron chi connectivity index (χ0n) is 24.8. The summed E-state index contributed by atoms with van der Waals surface area (Å²) >= 11 is 0. The van der Waals surface area contributed by atoms with Gasteiger partial charge in [0.1, 0.15) is 12.4 Å². The minimum atomic E-state index is -0.194. The summed E-state index contributed by atoms with van der Waals surface area (Å²) in [5.74, 6) is 0.253. The van der Waals surface area contributed by atoms with Crippen LogP contribution in [-0.4, -0.2) is 51.4 Å². The van der Waals surface area contributed by atoms with Crippen LogP contribution in [0.2, 0.25) is 0 Å². The van der Waals surface area contributed by atoms with Crippen molar-refractivity contribution >= 4 is 49.8 Å². The number of benzene rings is 6. The number of fused-ring (bicyclic) bond motifs is 3. The number of nitrogens with one attached hydrogen (secondary N) is 2. The number of amides is 2. The molecule has 6 rings (SSSR count). The molecule has 6 aromatic carbocycles. The number of carbonyl (C=O) groups is 2. The van der Waals surface area contributed by atoms with Crippen molar-refractivity contribution in [2.45, 2.75) is 0 Å². The van der Waals surface area contributed by atoms with Gasteiger partial charge in [0.2, 0.25) is 0 Å². The molecule has 0 unspecified atom stereocenters. The molecule has 0 heterocycles. The van der Waals surface area contributed by atoms with Crippen LogP contribution in [-0.2, 0) is 9.47 Å². The standard InChI is InChI=1S/C38H34N2O5/c41-37(33-17-9-13-27-10-1-4-14-30(27)33)39-20-21-43-22-23-44-24-25-45-35-19-8-7-18-34(35)40-38(42)36-31-15-5-2-11-28(31)26-29-12-3-6-16-32(29)36/h1-19,26H,20-25H2,(H,39,41)(H,40,42). The summed E-state index contributed by atoms with van der Waals surface area (Å²) in [5, 5.41) is 11.8.